The van der Waals surface area contributed by atoms with Crippen molar-refractivity contribution in [1.82, 2.24) is 9.88 Å². The van der Waals surface area contributed by atoms with Gasteiger partial charge >= 0.3 is 0 Å². The van der Waals surface area contributed by atoms with Gasteiger partial charge in [0, 0.05) is 18.1 Å². The Hall–Kier alpha value is -1.43. The molecular formula is C21H31N3O2S. The van der Waals surface area contributed by atoms with Crippen molar-refractivity contribution in [3.8, 4) is 0 Å². The average molecular weight is 390 g/mol. The van der Waals surface area contributed by atoms with Crippen molar-refractivity contribution in [2.45, 2.75) is 58.8 Å². The van der Waals surface area contributed by atoms with Crippen molar-refractivity contribution in [2.75, 3.05) is 18.4 Å². The molecule has 5 nitrogen and oxygen atoms in total. The van der Waals surface area contributed by atoms with Crippen LogP contribution in [0.4, 0.5) is 5.13 Å². The number of anilines is 1. The molecule has 0 aliphatic heterocycles. The highest BCUT2D eigenvalue weighted by Crippen LogP contribution is 2.60. The Bertz CT molecular complexity index is 650. The molecule has 1 aromatic heterocycles. The van der Waals surface area contributed by atoms with E-state index in [1.165, 1.54) is 30.6 Å². The van der Waals surface area contributed by atoms with Crippen LogP contribution in [0.2, 0.25) is 0 Å². The number of amides is 2. The Morgan fingerprint density at radius 1 is 1.22 bits per heavy atom. The van der Waals surface area contributed by atoms with E-state index in [2.05, 4.69) is 24.1 Å². The van der Waals surface area contributed by atoms with E-state index in [0.29, 0.717) is 17.6 Å². The summed E-state index contributed by atoms with van der Waals surface area (Å²) in [7, 11) is 0. The summed E-state index contributed by atoms with van der Waals surface area (Å²) < 4.78 is 0. The first-order valence-electron chi connectivity index (χ1n) is 10.4. The monoisotopic (exact) mass is 389 g/mol. The zero-order valence-electron chi connectivity index (χ0n) is 16.4. The van der Waals surface area contributed by atoms with Gasteiger partial charge in [0.2, 0.25) is 11.8 Å². The summed E-state index contributed by atoms with van der Waals surface area (Å²) in [6.45, 7) is 5.16. The molecule has 27 heavy (non-hydrogen) atoms. The summed E-state index contributed by atoms with van der Waals surface area (Å²) in [6.07, 6.45) is 9.72. The lowest BCUT2D eigenvalue weighted by atomic mass is 9.49. The van der Waals surface area contributed by atoms with Crippen LogP contribution in [-0.2, 0) is 9.59 Å². The van der Waals surface area contributed by atoms with Crippen molar-refractivity contribution in [3.05, 3.63) is 11.6 Å². The van der Waals surface area contributed by atoms with Gasteiger partial charge < -0.3 is 10.2 Å². The second-order valence-corrected chi connectivity index (χ2v) is 10.4. The second-order valence-electron chi connectivity index (χ2n) is 9.49. The summed E-state index contributed by atoms with van der Waals surface area (Å²) in [6, 6.07) is 0. The first-order valence-corrected chi connectivity index (χ1v) is 11.3. The van der Waals surface area contributed by atoms with Gasteiger partial charge in [-0.25, -0.2) is 4.98 Å². The fourth-order valence-corrected chi connectivity index (χ4v) is 6.54. The van der Waals surface area contributed by atoms with Crippen molar-refractivity contribution in [2.24, 2.45) is 29.1 Å². The van der Waals surface area contributed by atoms with E-state index >= 15 is 0 Å². The Kier molecular flexibility index (Phi) is 5.28. The molecule has 0 radical (unpaired) electrons. The van der Waals surface area contributed by atoms with Crippen LogP contribution in [0.25, 0.3) is 0 Å². The lowest BCUT2D eigenvalue weighted by molar-refractivity contribution is -0.159. The SMILES string of the molecule is CC(C)CCN(CC(=O)Nc1nccs1)C(=O)C12CC3CC(CC(C3)C1)C2. The van der Waals surface area contributed by atoms with Crippen LogP contribution < -0.4 is 5.32 Å². The number of nitrogens with one attached hydrogen (secondary N) is 1. The third-order valence-electron chi connectivity index (χ3n) is 6.77. The number of hydrogen-bond donors (Lipinski definition) is 1. The van der Waals surface area contributed by atoms with E-state index < -0.39 is 0 Å². The Balaban J connectivity index is 1.47. The molecule has 0 spiro atoms. The topological polar surface area (TPSA) is 62.3 Å². The largest absolute Gasteiger partial charge is 0.333 e. The zero-order chi connectivity index (χ0) is 19.0. The lowest BCUT2D eigenvalue weighted by Crippen LogP contribution is -2.55. The highest BCUT2D eigenvalue weighted by Gasteiger charge is 2.55. The molecule has 0 aromatic carbocycles. The summed E-state index contributed by atoms with van der Waals surface area (Å²) in [5.41, 5.74) is -0.187. The standard InChI is InChI=1S/C21H31N3O2S/c1-14(2)3-5-24(13-18(25)23-20-22-4-6-27-20)19(26)21-10-15-7-16(11-21)9-17(8-15)12-21/h4,6,14-17H,3,5,7-13H2,1-2H3,(H,22,23,25). The van der Waals surface area contributed by atoms with E-state index in [0.717, 1.165) is 43.4 Å². The molecule has 5 rings (SSSR count). The number of carbonyl (C=O) groups excluding carboxylic acids is 2. The van der Waals surface area contributed by atoms with Crippen molar-refractivity contribution < 1.29 is 9.59 Å². The predicted octanol–water partition coefficient (Wildman–Crippen LogP) is 4.17. The molecule has 6 heteroatoms. The Labute approximate surface area is 165 Å². The van der Waals surface area contributed by atoms with Crippen LogP contribution in [0.5, 0.6) is 0 Å². The zero-order valence-corrected chi connectivity index (χ0v) is 17.3. The average Bonchev–Trinajstić information content (AvgIpc) is 3.09. The van der Waals surface area contributed by atoms with Crippen LogP contribution in [0.3, 0.4) is 0 Å². The normalized spacial score (nSPS) is 31.3. The van der Waals surface area contributed by atoms with Gasteiger partial charge in [0.05, 0.1) is 12.0 Å². The second kappa shape index (κ2) is 7.53. The summed E-state index contributed by atoms with van der Waals surface area (Å²) in [5.74, 6) is 2.82. The number of nitrogens with zero attached hydrogens (tertiary/aromatic N) is 2. The van der Waals surface area contributed by atoms with E-state index in [9.17, 15) is 9.59 Å². The fraction of sp³-hybridized carbons (Fsp3) is 0.762. The first-order chi connectivity index (χ1) is 12.9. The number of hydrogen-bond acceptors (Lipinski definition) is 4. The maximum absolute atomic E-state index is 13.7. The predicted molar refractivity (Wildman–Crippen MR) is 107 cm³/mol. The molecule has 148 valence electrons. The minimum atomic E-state index is -0.187. The van der Waals surface area contributed by atoms with Crippen molar-refractivity contribution >= 4 is 28.3 Å². The molecule has 4 aliphatic carbocycles. The van der Waals surface area contributed by atoms with Gasteiger partial charge in [0.1, 0.15) is 0 Å². The molecule has 4 saturated carbocycles. The quantitative estimate of drug-likeness (QED) is 0.761. The molecule has 0 atom stereocenters. The molecule has 4 bridgehead atoms. The fourth-order valence-electron chi connectivity index (χ4n) is 5.99. The summed E-state index contributed by atoms with van der Waals surface area (Å²) in [4.78, 5) is 32.2. The van der Waals surface area contributed by atoms with Crippen LogP contribution in [0, 0.1) is 29.1 Å². The maximum atomic E-state index is 13.7. The molecule has 0 unspecified atom stereocenters. The van der Waals surface area contributed by atoms with E-state index in [1.807, 2.05) is 10.3 Å². The number of rotatable bonds is 7. The van der Waals surface area contributed by atoms with Gasteiger partial charge in [-0.05, 0) is 68.6 Å². The number of aromatic nitrogens is 1. The third kappa shape index (κ3) is 4.05. The molecule has 4 aliphatic rings. The minimum Gasteiger partial charge on any atom is -0.333 e. The Morgan fingerprint density at radius 2 is 1.85 bits per heavy atom. The van der Waals surface area contributed by atoms with Gasteiger partial charge in [-0.1, -0.05) is 13.8 Å². The van der Waals surface area contributed by atoms with E-state index in [4.69, 9.17) is 0 Å². The molecule has 0 saturated heterocycles. The van der Waals surface area contributed by atoms with Crippen molar-refractivity contribution in [1.29, 1.82) is 0 Å². The van der Waals surface area contributed by atoms with Gasteiger partial charge in [-0.2, -0.15) is 0 Å². The summed E-state index contributed by atoms with van der Waals surface area (Å²) in [5, 5.41) is 5.29. The van der Waals surface area contributed by atoms with E-state index in [-0.39, 0.29) is 23.8 Å². The van der Waals surface area contributed by atoms with Crippen molar-refractivity contribution in [3.63, 3.8) is 0 Å². The van der Waals surface area contributed by atoms with E-state index in [1.54, 1.807) is 6.20 Å². The summed E-state index contributed by atoms with van der Waals surface area (Å²) >= 11 is 1.41. The van der Waals surface area contributed by atoms with Gasteiger partial charge in [0.25, 0.3) is 0 Å². The molecule has 4 fully saturated rings. The van der Waals surface area contributed by atoms with Gasteiger partial charge in [0.15, 0.2) is 5.13 Å². The lowest BCUT2D eigenvalue weighted by Gasteiger charge is -2.56. The number of carbonyl (C=O) groups is 2. The van der Waals surface area contributed by atoms with Crippen LogP contribution in [0.1, 0.15) is 58.8 Å². The maximum Gasteiger partial charge on any atom is 0.245 e. The third-order valence-corrected chi connectivity index (χ3v) is 7.46. The highest BCUT2D eigenvalue weighted by molar-refractivity contribution is 7.13. The Morgan fingerprint density at radius 3 is 2.37 bits per heavy atom. The van der Waals surface area contributed by atoms with Gasteiger partial charge in [-0.3, -0.25) is 9.59 Å². The van der Waals surface area contributed by atoms with Gasteiger partial charge in [-0.15, -0.1) is 11.3 Å². The smallest absolute Gasteiger partial charge is 0.245 e. The molecular weight excluding hydrogens is 358 g/mol. The molecule has 1 aromatic rings. The highest BCUT2D eigenvalue weighted by atomic mass is 32.1. The molecule has 1 N–H and O–H groups in total. The number of thiazole rings is 1. The van der Waals surface area contributed by atoms with Crippen LogP contribution >= 0.6 is 11.3 Å². The molecule has 2 amide bonds. The van der Waals surface area contributed by atoms with Crippen LogP contribution in [-0.4, -0.2) is 34.8 Å². The molecule has 1 heterocycles. The minimum absolute atomic E-state index is 0.133. The van der Waals surface area contributed by atoms with Crippen LogP contribution in [0.15, 0.2) is 11.6 Å². The first kappa shape index (κ1) is 18.9.